The molecular formula is C25H32B2FNO4. The molecule has 8 heteroatoms. The molecule has 0 saturated carbocycles. The summed E-state index contributed by atoms with van der Waals surface area (Å²) in [6, 6.07) is 12.1. The standard InChI is InChI=1S/C23H28B2FNO3.C2H4O/c1-22(2)20(28-4)10-11-21(30-22)29-18-9-8-16(14-23(24,25)27-3)19(13-18)15-6-5-7-17(26)12-15;1-2-3/h5-9,12-13,20-21,27H,10-11,14H2,1-4H3;2H,1H3. The molecule has 33 heavy (non-hydrogen) atoms. The number of rotatable bonds is 7. The maximum absolute atomic E-state index is 13.9. The molecule has 1 N–H and O–H groups in total. The van der Waals surface area contributed by atoms with Crippen LogP contribution in [0.1, 0.15) is 39.2 Å². The molecule has 174 valence electrons. The first-order valence-corrected chi connectivity index (χ1v) is 11.0. The normalized spacial score (nSPS) is 19.8. The van der Waals surface area contributed by atoms with E-state index in [1.54, 1.807) is 20.2 Å². The Bertz CT molecular complexity index is 923. The van der Waals surface area contributed by atoms with Crippen molar-refractivity contribution in [2.24, 2.45) is 0 Å². The fourth-order valence-corrected chi connectivity index (χ4v) is 3.86. The second-order valence-corrected chi connectivity index (χ2v) is 8.60. The molecule has 1 aliphatic rings. The molecule has 1 heterocycles. The van der Waals surface area contributed by atoms with E-state index in [1.165, 1.54) is 19.1 Å². The molecule has 2 atom stereocenters. The molecule has 0 spiro atoms. The van der Waals surface area contributed by atoms with Crippen LogP contribution in [0.25, 0.3) is 11.1 Å². The Kier molecular flexibility index (Phi) is 9.70. The van der Waals surface area contributed by atoms with Gasteiger partial charge in [-0.15, -0.1) is 0 Å². The highest BCUT2D eigenvalue weighted by Gasteiger charge is 2.39. The van der Waals surface area contributed by atoms with Gasteiger partial charge in [0.2, 0.25) is 6.29 Å². The van der Waals surface area contributed by atoms with Gasteiger partial charge >= 0.3 is 0 Å². The van der Waals surface area contributed by atoms with Crippen LogP contribution >= 0.6 is 0 Å². The first-order chi connectivity index (χ1) is 15.5. The lowest BCUT2D eigenvalue weighted by atomic mass is 9.59. The molecule has 0 aliphatic carbocycles. The average Bonchev–Trinajstić information content (AvgIpc) is 2.75. The predicted octanol–water partition coefficient (Wildman–Crippen LogP) is 3.76. The molecule has 2 aromatic rings. The van der Waals surface area contributed by atoms with Crippen LogP contribution < -0.4 is 10.1 Å². The number of benzene rings is 2. The van der Waals surface area contributed by atoms with Crippen molar-refractivity contribution >= 4 is 22.0 Å². The Morgan fingerprint density at radius 2 is 1.94 bits per heavy atom. The zero-order chi connectivity index (χ0) is 24.6. The summed E-state index contributed by atoms with van der Waals surface area (Å²) in [7, 11) is 15.6. The van der Waals surface area contributed by atoms with E-state index in [0.717, 1.165) is 29.4 Å². The maximum atomic E-state index is 13.9. The first-order valence-electron chi connectivity index (χ1n) is 11.0. The van der Waals surface area contributed by atoms with E-state index in [0.29, 0.717) is 18.6 Å². The van der Waals surface area contributed by atoms with Gasteiger partial charge in [0.25, 0.3) is 0 Å². The molecule has 5 nitrogen and oxygen atoms in total. The number of methoxy groups -OCH3 is 1. The smallest absolute Gasteiger partial charge is 0.200 e. The lowest BCUT2D eigenvalue weighted by Crippen LogP contribution is -2.49. The number of nitrogens with one attached hydrogen (secondary N) is 1. The quantitative estimate of drug-likeness (QED) is 0.514. The Labute approximate surface area is 199 Å². The summed E-state index contributed by atoms with van der Waals surface area (Å²) in [6.07, 6.45) is 2.30. The summed E-state index contributed by atoms with van der Waals surface area (Å²) in [5.41, 5.74) is 1.98. The first kappa shape index (κ1) is 27.1. The number of ether oxygens (including phenoxy) is 3. The van der Waals surface area contributed by atoms with Crippen molar-refractivity contribution < 1.29 is 23.4 Å². The van der Waals surface area contributed by atoms with E-state index in [2.05, 4.69) is 5.32 Å². The number of aldehydes is 1. The van der Waals surface area contributed by atoms with Crippen molar-refractivity contribution in [3.05, 3.63) is 53.8 Å². The Balaban J connectivity index is 0.00000122. The molecule has 2 aromatic carbocycles. The largest absolute Gasteiger partial charge is 0.465 e. The van der Waals surface area contributed by atoms with Crippen molar-refractivity contribution in [1.29, 1.82) is 0 Å². The Morgan fingerprint density at radius 1 is 1.24 bits per heavy atom. The van der Waals surface area contributed by atoms with Crippen molar-refractivity contribution in [2.75, 3.05) is 14.2 Å². The van der Waals surface area contributed by atoms with Crippen LogP contribution in [0, 0.1) is 5.82 Å². The van der Waals surface area contributed by atoms with Gasteiger partial charge in [0.1, 0.15) is 17.9 Å². The van der Waals surface area contributed by atoms with Gasteiger partial charge in [-0.25, -0.2) is 4.39 Å². The average molecular weight is 451 g/mol. The maximum Gasteiger partial charge on any atom is 0.200 e. The van der Waals surface area contributed by atoms with Crippen molar-refractivity contribution in [2.45, 2.75) is 63.4 Å². The lowest BCUT2D eigenvalue weighted by Gasteiger charge is -2.41. The SMILES string of the molecule is CC=O.[B]C([B])(Cc1ccc(OC2CCC(OC)C(C)(C)O2)cc1-c1cccc(F)c1)NC. The molecule has 3 rings (SSSR count). The van der Waals surface area contributed by atoms with Crippen molar-refractivity contribution in [3.8, 4) is 16.9 Å². The fraction of sp³-hybridized carbons (Fsp3) is 0.480. The van der Waals surface area contributed by atoms with E-state index >= 15 is 0 Å². The van der Waals surface area contributed by atoms with Crippen LogP contribution in [0.4, 0.5) is 4.39 Å². The predicted molar refractivity (Wildman–Crippen MR) is 130 cm³/mol. The van der Waals surface area contributed by atoms with Gasteiger partial charge in [-0.2, -0.15) is 0 Å². The fourth-order valence-electron chi connectivity index (χ4n) is 3.86. The second-order valence-electron chi connectivity index (χ2n) is 8.60. The number of likely N-dealkylation sites (N-methyl/N-ethyl adjacent to an activating group) is 1. The summed E-state index contributed by atoms with van der Waals surface area (Å²) in [5.74, 6) is 0.326. The van der Waals surface area contributed by atoms with E-state index < -0.39 is 17.2 Å². The van der Waals surface area contributed by atoms with Crippen LogP contribution in [0.15, 0.2) is 42.5 Å². The molecular weight excluding hydrogens is 419 g/mol. The summed E-state index contributed by atoms with van der Waals surface area (Å²) >= 11 is 0. The minimum Gasteiger partial charge on any atom is -0.465 e. The van der Waals surface area contributed by atoms with Gasteiger partial charge in [0, 0.05) is 13.5 Å². The molecule has 1 saturated heterocycles. The van der Waals surface area contributed by atoms with Crippen LogP contribution in [0.2, 0.25) is 0 Å². The highest BCUT2D eigenvalue weighted by Crippen LogP contribution is 2.34. The Hall–Kier alpha value is -2.15. The summed E-state index contributed by atoms with van der Waals surface area (Å²) in [6.45, 7) is 5.44. The van der Waals surface area contributed by atoms with Gasteiger partial charge in [0.05, 0.1) is 27.4 Å². The zero-order valence-electron chi connectivity index (χ0n) is 20.1. The van der Waals surface area contributed by atoms with Gasteiger partial charge in [-0.05, 0) is 81.6 Å². The minimum atomic E-state index is -1.09. The molecule has 1 aliphatic heterocycles. The van der Waals surface area contributed by atoms with Gasteiger partial charge in [-0.3, -0.25) is 0 Å². The van der Waals surface area contributed by atoms with Crippen molar-refractivity contribution in [3.63, 3.8) is 0 Å². The molecule has 0 aromatic heterocycles. The van der Waals surface area contributed by atoms with E-state index in [9.17, 15) is 4.39 Å². The third-order valence-corrected chi connectivity index (χ3v) is 5.59. The van der Waals surface area contributed by atoms with Crippen LogP contribution in [-0.2, 0) is 20.7 Å². The van der Waals surface area contributed by atoms with Crippen LogP contribution in [0.5, 0.6) is 5.75 Å². The van der Waals surface area contributed by atoms with Gasteiger partial charge < -0.3 is 24.3 Å². The molecule has 0 bridgehead atoms. The molecule has 0 amide bonds. The monoisotopic (exact) mass is 451 g/mol. The number of carbonyl (C=O) groups excluding carboxylic acids is 1. The zero-order valence-corrected chi connectivity index (χ0v) is 20.1. The Morgan fingerprint density at radius 3 is 2.52 bits per heavy atom. The van der Waals surface area contributed by atoms with Crippen molar-refractivity contribution in [1.82, 2.24) is 5.32 Å². The number of hydrogen-bond donors (Lipinski definition) is 1. The highest BCUT2D eigenvalue weighted by molar-refractivity contribution is 6.40. The summed E-state index contributed by atoms with van der Waals surface area (Å²) in [5, 5.41) is 1.81. The summed E-state index contributed by atoms with van der Waals surface area (Å²) < 4.78 is 31.7. The van der Waals surface area contributed by atoms with Crippen LogP contribution in [0.3, 0.4) is 0 Å². The van der Waals surface area contributed by atoms with Gasteiger partial charge in [-0.1, -0.05) is 23.5 Å². The molecule has 2 unspecified atom stereocenters. The lowest BCUT2D eigenvalue weighted by molar-refractivity contribution is -0.233. The number of halogens is 1. The number of hydrogen-bond acceptors (Lipinski definition) is 5. The van der Waals surface area contributed by atoms with E-state index in [-0.39, 0.29) is 11.9 Å². The molecule has 4 radical (unpaired) electrons. The van der Waals surface area contributed by atoms with E-state index in [4.69, 9.17) is 34.7 Å². The van der Waals surface area contributed by atoms with E-state index in [1.807, 2.05) is 38.1 Å². The topological polar surface area (TPSA) is 56.8 Å². The second kappa shape index (κ2) is 11.8. The summed E-state index contributed by atoms with van der Waals surface area (Å²) in [4.78, 5) is 8.81. The van der Waals surface area contributed by atoms with Crippen LogP contribution in [-0.4, -0.2) is 59.5 Å². The third-order valence-electron chi connectivity index (χ3n) is 5.59. The third kappa shape index (κ3) is 7.70. The van der Waals surface area contributed by atoms with Gasteiger partial charge in [0.15, 0.2) is 0 Å². The molecule has 1 fully saturated rings. The number of carbonyl (C=O) groups is 1. The minimum absolute atomic E-state index is 0.0198. The highest BCUT2D eigenvalue weighted by atomic mass is 19.1.